The highest BCUT2D eigenvalue weighted by atomic mass is 79.9. The number of hydrogen-bond acceptors (Lipinski definition) is 2. The summed E-state index contributed by atoms with van der Waals surface area (Å²) >= 11 is 3.40. The second-order valence-corrected chi connectivity index (χ2v) is 4.44. The van der Waals surface area contributed by atoms with Gasteiger partial charge in [-0.15, -0.1) is 0 Å². The van der Waals surface area contributed by atoms with Crippen molar-refractivity contribution in [1.82, 2.24) is 0 Å². The average molecular weight is 268 g/mol. The van der Waals surface area contributed by atoms with Gasteiger partial charge < -0.3 is 4.90 Å². The summed E-state index contributed by atoms with van der Waals surface area (Å²) in [5, 5.41) is 0. The molecule has 4 heteroatoms. The zero-order valence-electron chi connectivity index (χ0n) is 8.29. The Morgan fingerprint density at radius 1 is 1.33 bits per heavy atom. The highest BCUT2D eigenvalue weighted by Crippen LogP contribution is 2.29. The fourth-order valence-corrected chi connectivity index (χ4v) is 2.34. The van der Waals surface area contributed by atoms with E-state index < -0.39 is 5.91 Å². The molecule has 1 aliphatic heterocycles. The monoisotopic (exact) mass is 267 g/mol. The smallest absolute Gasteiger partial charge is 0.294 e. The van der Waals surface area contributed by atoms with Gasteiger partial charge >= 0.3 is 0 Å². The van der Waals surface area contributed by atoms with E-state index >= 15 is 0 Å². The molecule has 3 nitrogen and oxygen atoms in total. The standard InChI is InChI=1S/C11H10BrNO2/c1-7-2-3-9(8(12)6-7)13-5-4-10(14)11(13)15/h2-3,6H,4-5H2,1H3. The Hall–Kier alpha value is -1.16. The van der Waals surface area contributed by atoms with Gasteiger partial charge in [-0.05, 0) is 40.5 Å². The van der Waals surface area contributed by atoms with Gasteiger partial charge in [0.25, 0.3) is 5.91 Å². The predicted molar refractivity (Wildman–Crippen MR) is 60.9 cm³/mol. The molecule has 1 aliphatic rings. The highest BCUT2D eigenvalue weighted by Gasteiger charge is 2.31. The predicted octanol–water partition coefficient (Wildman–Crippen LogP) is 2.06. The summed E-state index contributed by atoms with van der Waals surface area (Å²) in [7, 11) is 0. The number of anilines is 1. The van der Waals surface area contributed by atoms with Gasteiger partial charge in [-0.3, -0.25) is 9.59 Å². The van der Waals surface area contributed by atoms with Crippen LogP contribution in [-0.4, -0.2) is 18.2 Å². The Labute approximate surface area is 96.2 Å². The molecule has 0 radical (unpaired) electrons. The van der Waals surface area contributed by atoms with Crippen LogP contribution in [0.4, 0.5) is 5.69 Å². The number of halogens is 1. The summed E-state index contributed by atoms with van der Waals surface area (Å²) in [6.07, 6.45) is 0.319. The number of ketones is 1. The highest BCUT2D eigenvalue weighted by molar-refractivity contribution is 9.10. The quantitative estimate of drug-likeness (QED) is 0.731. The number of hydrogen-bond donors (Lipinski definition) is 0. The summed E-state index contributed by atoms with van der Waals surface area (Å²) < 4.78 is 0.852. The van der Waals surface area contributed by atoms with Gasteiger partial charge in [0.05, 0.1) is 5.69 Å². The van der Waals surface area contributed by atoms with Crippen molar-refractivity contribution in [1.29, 1.82) is 0 Å². The minimum absolute atomic E-state index is 0.303. The molecule has 1 fully saturated rings. The first-order chi connectivity index (χ1) is 7.09. The molecule has 0 bridgehead atoms. The van der Waals surface area contributed by atoms with E-state index in [2.05, 4.69) is 15.9 Å². The van der Waals surface area contributed by atoms with Gasteiger partial charge in [-0.2, -0.15) is 0 Å². The molecular formula is C11H10BrNO2. The van der Waals surface area contributed by atoms with Crippen molar-refractivity contribution in [3.05, 3.63) is 28.2 Å². The van der Waals surface area contributed by atoms with Crippen molar-refractivity contribution < 1.29 is 9.59 Å². The second-order valence-electron chi connectivity index (χ2n) is 3.58. The third-order valence-corrected chi connectivity index (χ3v) is 3.08. The van der Waals surface area contributed by atoms with Gasteiger partial charge in [0.1, 0.15) is 0 Å². The summed E-state index contributed by atoms with van der Waals surface area (Å²) in [4.78, 5) is 24.1. The number of carbonyl (C=O) groups excluding carboxylic acids is 2. The van der Waals surface area contributed by atoms with Crippen LogP contribution in [0, 0.1) is 6.92 Å². The molecule has 0 atom stereocenters. The summed E-state index contributed by atoms with van der Waals surface area (Å²) in [6.45, 7) is 2.46. The maximum Gasteiger partial charge on any atom is 0.294 e. The van der Waals surface area contributed by atoms with Gasteiger partial charge in [0.15, 0.2) is 0 Å². The van der Waals surface area contributed by atoms with E-state index in [1.807, 2.05) is 25.1 Å². The van der Waals surface area contributed by atoms with Gasteiger partial charge in [0, 0.05) is 17.4 Å². The topological polar surface area (TPSA) is 37.4 Å². The molecule has 1 saturated heterocycles. The molecule has 1 amide bonds. The zero-order valence-corrected chi connectivity index (χ0v) is 9.87. The normalized spacial score (nSPS) is 16.3. The van der Waals surface area contributed by atoms with Crippen molar-refractivity contribution in [2.75, 3.05) is 11.4 Å². The fraction of sp³-hybridized carbons (Fsp3) is 0.273. The zero-order chi connectivity index (χ0) is 11.0. The van der Waals surface area contributed by atoms with Crippen molar-refractivity contribution in [3.63, 3.8) is 0 Å². The van der Waals surface area contributed by atoms with Crippen LogP contribution >= 0.6 is 15.9 Å². The third-order valence-electron chi connectivity index (χ3n) is 2.44. The third kappa shape index (κ3) is 1.81. The van der Waals surface area contributed by atoms with Crippen LogP contribution in [0.1, 0.15) is 12.0 Å². The van der Waals surface area contributed by atoms with E-state index in [9.17, 15) is 9.59 Å². The lowest BCUT2D eigenvalue weighted by Crippen LogP contribution is -2.27. The van der Waals surface area contributed by atoms with Gasteiger partial charge in [-0.25, -0.2) is 0 Å². The van der Waals surface area contributed by atoms with E-state index in [1.54, 1.807) is 0 Å². The van der Waals surface area contributed by atoms with Crippen LogP contribution < -0.4 is 4.90 Å². The number of Topliss-reactive ketones (excluding diaryl/α,β-unsaturated/α-hetero) is 1. The Morgan fingerprint density at radius 3 is 2.60 bits per heavy atom. The molecule has 78 valence electrons. The van der Waals surface area contributed by atoms with Crippen LogP contribution in [0.5, 0.6) is 0 Å². The molecular weight excluding hydrogens is 258 g/mol. The molecule has 1 heterocycles. The Morgan fingerprint density at radius 2 is 2.07 bits per heavy atom. The first kappa shape index (κ1) is 10.4. The molecule has 1 aromatic rings. The summed E-state index contributed by atoms with van der Waals surface area (Å²) in [5.41, 5.74) is 1.89. The molecule has 0 saturated carbocycles. The van der Waals surface area contributed by atoms with Crippen molar-refractivity contribution in [3.8, 4) is 0 Å². The van der Waals surface area contributed by atoms with E-state index in [1.165, 1.54) is 4.90 Å². The maximum atomic E-state index is 11.5. The lowest BCUT2D eigenvalue weighted by Gasteiger charge is -2.16. The average Bonchev–Trinajstić information content (AvgIpc) is 2.49. The summed E-state index contributed by atoms with van der Waals surface area (Å²) in [5.74, 6) is -0.706. The van der Waals surface area contributed by atoms with Crippen LogP contribution in [0.2, 0.25) is 0 Å². The van der Waals surface area contributed by atoms with E-state index in [4.69, 9.17) is 0 Å². The van der Waals surface area contributed by atoms with E-state index in [-0.39, 0.29) is 5.78 Å². The Kier molecular flexibility index (Phi) is 2.61. The molecule has 0 N–H and O–H groups in total. The molecule has 15 heavy (non-hydrogen) atoms. The number of benzene rings is 1. The van der Waals surface area contributed by atoms with Gasteiger partial charge in [0.2, 0.25) is 5.78 Å². The molecule has 1 aromatic carbocycles. The van der Waals surface area contributed by atoms with Crippen molar-refractivity contribution in [2.45, 2.75) is 13.3 Å². The van der Waals surface area contributed by atoms with E-state index in [0.717, 1.165) is 15.7 Å². The minimum atomic E-state index is -0.403. The number of amides is 1. The number of rotatable bonds is 1. The Balaban J connectivity index is 2.38. The molecule has 0 aromatic heterocycles. The largest absolute Gasteiger partial charge is 0.304 e. The molecule has 0 aliphatic carbocycles. The summed E-state index contributed by atoms with van der Waals surface area (Å²) in [6, 6.07) is 5.72. The van der Waals surface area contributed by atoms with Crippen LogP contribution in [0.3, 0.4) is 0 Å². The SMILES string of the molecule is Cc1ccc(N2CCC(=O)C2=O)c(Br)c1. The Bertz CT molecular complexity index is 442. The molecule has 0 unspecified atom stereocenters. The minimum Gasteiger partial charge on any atom is -0.304 e. The van der Waals surface area contributed by atoms with Crippen molar-refractivity contribution in [2.24, 2.45) is 0 Å². The lowest BCUT2D eigenvalue weighted by molar-refractivity contribution is -0.133. The van der Waals surface area contributed by atoms with Crippen LogP contribution in [0.25, 0.3) is 0 Å². The fourth-order valence-electron chi connectivity index (χ4n) is 1.63. The first-order valence-electron chi connectivity index (χ1n) is 4.70. The lowest BCUT2D eigenvalue weighted by atomic mass is 10.2. The number of nitrogens with zero attached hydrogens (tertiary/aromatic N) is 1. The number of aryl methyl sites for hydroxylation is 1. The molecule has 0 spiro atoms. The van der Waals surface area contributed by atoms with Crippen LogP contribution in [0.15, 0.2) is 22.7 Å². The van der Waals surface area contributed by atoms with E-state index in [0.29, 0.717) is 13.0 Å². The van der Waals surface area contributed by atoms with Gasteiger partial charge in [-0.1, -0.05) is 6.07 Å². The second kappa shape index (κ2) is 3.77. The van der Waals surface area contributed by atoms with Crippen LogP contribution in [-0.2, 0) is 9.59 Å². The maximum absolute atomic E-state index is 11.5. The van der Waals surface area contributed by atoms with Crippen molar-refractivity contribution >= 4 is 33.3 Å². The first-order valence-corrected chi connectivity index (χ1v) is 5.50. The molecule has 2 rings (SSSR count). The number of carbonyl (C=O) groups is 2.